The molecule has 5 rings (SSSR count). The van der Waals surface area contributed by atoms with Gasteiger partial charge in [0.2, 0.25) is 0 Å². The molecule has 5 fully saturated rings. The molecule has 0 nitrogen and oxygen atoms in total. The summed E-state index contributed by atoms with van der Waals surface area (Å²) in [6.45, 7) is 67.4. The zero-order valence-corrected chi connectivity index (χ0v) is 51.1. The Bertz CT molecular complexity index is 1250. The van der Waals surface area contributed by atoms with Gasteiger partial charge in [0, 0.05) is 0 Å². The normalized spacial score (nSPS) is 31.0. The largest absolute Gasteiger partial charge is 0.0776 e. The van der Waals surface area contributed by atoms with Gasteiger partial charge in [-0.15, -0.1) is 0 Å². The van der Waals surface area contributed by atoms with E-state index in [2.05, 4.69) is 194 Å². The molecule has 0 aromatic carbocycles. The maximum Gasteiger partial charge on any atom is -0.0328 e. The fourth-order valence-electron chi connectivity index (χ4n) is 13.9. The third-order valence-electron chi connectivity index (χ3n) is 20.6. The summed E-state index contributed by atoms with van der Waals surface area (Å²) in [4.78, 5) is 0. The van der Waals surface area contributed by atoms with E-state index in [-0.39, 0.29) is 29.7 Å². The van der Waals surface area contributed by atoms with Crippen LogP contribution in [0, 0.1) is 101 Å². The van der Waals surface area contributed by atoms with Gasteiger partial charge < -0.3 is 0 Å². The van der Waals surface area contributed by atoms with Gasteiger partial charge >= 0.3 is 0 Å². The van der Waals surface area contributed by atoms with Crippen LogP contribution in [0.4, 0.5) is 0 Å². The van der Waals surface area contributed by atoms with Crippen molar-refractivity contribution in [2.75, 3.05) is 0 Å². The van der Waals surface area contributed by atoms with Crippen molar-refractivity contribution >= 4 is 0 Å². The standard InChI is InChI=1S/5C13H26.4CH4/c2*1-10-9-13(5,6)8-7-11(10)12(2,3)4;1-10-9-11(12(2,3)4)7-8-13(10,5)6;1-6-13(4,5)11-7-9-12(2,3)10-8-11;1-6-13(5)9-7-11(8-10-13)12(2,3)4;;;;/h3*10-11H,7-9H2,1-6H3;2*11H,6-10H2,1-5H3;4*1H4. The van der Waals surface area contributed by atoms with E-state index in [1.54, 1.807) is 0 Å². The molecule has 69 heavy (non-hydrogen) atoms. The fraction of sp³-hybridized carbons (Fsp3) is 1.00. The van der Waals surface area contributed by atoms with E-state index in [0.29, 0.717) is 54.1 Å². The summed E-state index contributed by atoms with van der Waals surface area (Å²) in [5.41, 5.74) is 5.73. The predicted octanol–water partition coefficient (Wildman–Crippen LogP) is 25.3. The van der Waals surface area contributed by atoms with Crippen LogP contribution in [-0.4, -0.2) is 0 Å². The van der Waals surface area contributed by atoms with Crippen LogP contribution in [0.2, 0.25) is 0 Å². The van der Waals surface area contributed by atoms with Crippen molar-refractivity contribution in [1.82, 2.24) is 0 Å². The maximum absolute atomic E-state index is 2.46. The lowest BCUT2D eigenvalue weighted by atomic mass is 9.61. The molecule has 5 aliphatic rings. The molecule has 422 valence electrons. The minimum atomic E-state index is 0. The second-order valence-electron chi connectivity index (χ2n) is 33.0. The highest BCUT2D eigenvalue weighted by molar-refractivity contribution is 4.91. The van der Waals surface area contributed by atoms with Crippen LogP contribution in [0.3, 0.4) is 0 Å². The summed E-state index contributed by atoms with van der Waals surface area (Å²) in [7, 11) is 0. The van der Waals surface area contributed by atoms with Crippen molar-refractivity contribution in [3.05, 3.63) is 0 Å². The Morgan fingerprint density at radius 3 is 0.971 bits per heavy atom. The second kappa shape index (κ2) is 28.8. The Kier molecular flexibility index (Phi) is 31.5. The van der Waals surface area contributed by atoms with Crippen LogP contribution in [0.25, 0.3) is 0 Å². The Balaban J connectivity index is -0.000000377. The minimum Gasteiger partial charge on any atom is -0.0776 e. The molecule has 0 heteroatoms. The van der Waals surface area contributed by atoms with Gasteiger partial charge in [-0.25, -0.2) is 0 Å². The summed E-state index contributed by atoms with van der Waals surface area (Å²) in [6, 6.07) is 0. The van der Waals surface area contributed by atoms with Gasteiger partial charge in [-0.1, -0.05) is 236 Å². The highest BCUT2D eigenvalue weighted by Crippen LogP contribution is 2.51. The average Bonchev–Trinajstić information content (AvgIpc) is 3.11. The molecule has 6 atom stereocenters. The van der Waals surface area contributed by atoms with Crippen LogP contribution in [0.15, 0.2) is 0 Å². The van der Waals surface area contributed by atoms with Gasteiger partial charge in [0.25, 0.3) is 0 Å². The van der Waals surface area contributed by atoms with Crippen molar-refractivity contribution in [3.8, 4) is 0 Å². The summed E-state index contributed by atoms with van der Waals surface area (Å²) in [6.07, 6.45) is 27.1. The van der Waals surface area contributed by atoms with Gasteiger partial charge in [-0.2, -0.15) is 0 Å². The highest BCUT2D eigenvalue weighted by Gasteiger charge is 2.41. The van der Waals surface area contributed by atoms with E-state index >= 15 is 0 Å². The Hall–Kier alpha value is 0. The molecule has 0 radical (unpaired) electrons. The topological polar surface area (TPSA) is 0 Å². The Labute approximate surface area is 445 Å². The Morgan fingerprint density at radius 1 is 0.377 bits per heavy atom. The number of rotatable bonds is 3. The van der Waals surface area contributed by atoms with Crippen LogP contribution >= 0.6 is 0 Å². The zero-order chi connectivity index (χ0) is 51.1. The van der Waals surface area contributed by atoms with Gasteiger partial charge in [-0.3, -0.25) is 0 Å². The molecule has 0 aliphatic heterocycles. The molecule has 5 aliphatic carbocycles. The van der Waals surface area contributed by atoms with Gasteiger partial charge in [-0.05, 0) is 211 Å². The monoisotopic (exact) mass is 975 g/mol. The molecule has 0 spiro atoms. The lowest BCUT2D eigenvalue weighted by Crippen LogP contribution is -2.35. The first-order chi connectivity index (χ1) is 28.9. The van der Waals surface area contributed by atoms with E-state index in [1.807, 2.05) is 0 Å². The lowest BCUT2D eigenvalue weighted by Gasteiger charge is -2.45. The summed E-state index contributed by atoms with van der Waals surface area (Å²) in [5.74, 6) is 7.45. The van der Waals surface area contributed by atoms with E-state index in [0.717, 1.165) is 47.3 Å². The molecular weight excluding hydrogens is 829 g/mol. The molecule has 6 unspecified atom stereocenters. The highest BCUT2D eigenvalue weighted by atomic mass is 14.5. The smallest absolute Gasteiger partial charge is 0.0328 e. The summed E-state index contributed by atoms with van der Waals surface area (Å²) >= 11 is 0. The van der Waals surface area contributed by atoms with Crippen molar-refractivity contribution in [3.63, 3.8) is 0 Å². The van der Waals surface area contributed by atoms with E-state index < -0.39 is 0 Å². The third kappa shape index (κ3) is 26.4. The molecular formula is C69H146. The molecule has 0 saturated heterocycles. The SMILES string of the molecule is C.C.C.C.CC1CC(C(C)(C)C)CCC1(C)C.CC1CC(C)(C)CCC1C(C)(C)C.CC1CC(C)(C)CCC1C(C)(C)C.CCC(C)(C)C1CCC(C)(C)CC1.CCC1(C)CCC(C(C)(C)C)CC1. The summed E-state index contributed by atoms with van der Waals surface area (Å²) < 4.78 is 0. The van der Waals surface area contributed by atoms with Crippen molar-refractivity contribution in [2.45, 2.75) is 346 Å². The van der Waals surface area contributed by atoms with Gasteiger partial charge in [0.1, 0.15) is 0 Å². The fourth-order valence-corrected chi connectivity index (χ4v) is 13.9. The Morgan fingerprint density at radius 2 is 0.696 bits per heavy atom. The van der Waals surface area contributed by atoms with Crippen molar-refractivity contribution in [2.24, 2.45) is 101 Å². The van der Waals surface area contributed by atoms with Gasteiger partial charge in [0.15, 0.2) is 0 Å². The predicted molar refractivity (Wildman–Crippen MR) is 326 cm³/mol. The molecule has 0 N–H and O–H groups in total. The molecule has 0 aromatic heterocycles. The summed E-state index contributed by atoms with van der Waals surface area (Å²) in [5, 5.41) is 0. The second-order valence-corrected chi connectivity index (χ2v) is 33.0. The lowest BCUT2D eigenvalue weighted by molar-refractivity contribution is 0.0555. The van der Waals surface area contributed by atoms with Crippen molar-refractivity contribution < 1.29 is 0 Å². The number of hydrogen-bond donors (Lipinski definition) is 0. The van der Waals surface area contributed by atoms with E-state index in [9.17, 15) is 0 Å². The zero-order valence-electron chi connectivity index (χ0n) is 51.1. The molecule has 0 amide bonds. The van der Waals surface area contributed by atoms with Crippen LogP contribution in [0.5, 0.6) is 0 Å². The molecule has 0 heterocycles. The van der Waals surface area contributed by atoms with Gasteiger partial charge in [0.05, 0.1) is 0 Å². The first kappa shape index (κ1) is 75.5. The molecule has 0 aromatic rings. The van der Waals surface area contributed by atoms with E-state index in [1.165, 1.54) is 122 Å². The van der Waals surface area contributed by atoms with Crippen LogP contribution < -0.4 is 0 Å². The first-order valence-corrected chi connectivity index (χ1v) is 28.9. The van der Waals surface area contributed by atoms with Crippen LogP contribution in [0.1, 0.15) is 346 Å². The quantitative estimate of drug-likeness (QED) is 0.264. The van der Waals surface area contributed by atoms with Crippen LogP contribution in [-0.2, 0) is 0 Å². The minimum absolute atomic E-state index is 0. The number of hydrogen-bond acceptors (Lipinski definition) is 0. The maximum atomic E-state index is 2.46. The first-order valence-electron chi connectivity index (χ1n) is 28.9. The molecule has 5 saturated carbocycles. The van der Waals surface area contributed by atoms with E-state index in [4.69, 9.17) is 0 Å². The molecule has 0 bridgehead atoms. The average molecular weight is 976 g/mol. The third-order valence-corrected chi connectivity index (χ3v) is 20.6. The van der Waals surface area contributed by atoms with Crippen molar-refractivity contribution in [1.29, 1.82) is 0 Å².